The lowest BCUT2D eigenvalue weighted by molar-refractivity contribution is 0.187. The highest BCUT2D eigenvalue weighted by molar-refractivity contribution is 6.35. The molecular formula is C19H21Cl3N2O2. The standard InChI is InChI=1S/C19H20Cl2N2O2.ClH/c1-12-13(2)23(9-10-24-3)18-14(12)7-8-22-19(18)25-11-15-16(20)5-4-6-17(15)21;/h4-8H,9-11H2,1-3H3;1H. The highest BCUT2D eigenvalue weighted by Gasteiger charge is 2.17. The number of benzene rings is 1. The van der Waals surface area contributed by atoms with Gasteiger partial charge < -0.3 is 14.0 Å². The molecule has 0 spiro atoms. The third-order valence-electron chi connectivity index (χ3n) is 4.45. The smallest absolute Gasteiger partial charge is 0.238 e. The van der Waals surface area contributed by atoms with Crippen LogP contribution < -0.4 is 4.74 Å². The molecule has 0 unspecified atom stereocenters. The van der Waals surface area contributed by atoms with Crippen molar-refractivity contribution in [3.63, 3.8) is 0 Å². The van der Waals surface area contributed by atoms with Crippen LogP contribution in [0.3, 0.4) is 0 Å². The summed E-state index contributed by atoms with van der Waals surface area (Å²) in [6, 6.07) is 7.43. The Morgan fingerprint density at radius 2 is 1.81 bits per heavy atom. The normalized spacial score (nSPS) is 10.8. The molecule has 0 radical (unpaired) electrons. The van der Waals surface area contributed by atoms with E-state index in [1.165, 1.54) is 11.3 Å². The second-order valence-electron chi connectivity index (χ2n) is 5.86. The van der Waals surface area contributed by atoms with Crippen molar-refractivity contribution in [2.75, 3.05) is 13.7 Å². The number of hydrogen-bond donors (Lipinski definition) is 0. The van der Waals surface area contributed by atoms with Gasteiger partial charge in [-0.3, -0.25) is 0 Å². The van der Waals surface area contributed by atoms with Gasteiger partial charge in [-0.25, -0.2) is 4.98 Å². The number of aryl methyl sites for hydroxylation is 1. The average molecular weight is 416 g/mol. The Kier molecular flexibility index (Phi) is 7.18. The molecule has 140 valence electrons. The zero-order chi connectivity index (χ0) is 18.0. The van der Waals surface area contributed by atoms with Crippen LogP contribution in [0.4, 0.5) is 0 Å². The van der Waals surface area contributed by atoms with Gasteiger partial charge in [-0.05, 0) is 37.6 Å². The Labute approximate surface area is 169 Å². The number of fused-ring (bicyclic) bond motifs is 1. The molecule has 4 nitrogen and oxygen atoms in total. The zero-order valence-electron chi connectivity index (χ0n) is 14.9. The van der Waals surface area contributed by atoms with Crippen LogP contribution >= 0.6 is 35.6 Å². The third-order valence-corrected chi connectivity index (χ3v) is 5.15. The summed E-state index contributed by atoms with van der Waals surface area (Å²) >= 11 is 12.5. The predicted molar refractivity (Wildman–Crippen MR) is 109 cm³/mol. The molecule has 0 fully saturated rings. The van der Waals surface area contributed by atoms with Crippen LogP contribution in [0.1, 0.15) is 16.8 Å². The minimum absolute atomic E-state index is 0. The Morgan fingerprint density at radius 1 is 1.12 bits per heavy atom. The molecule has 0 saturated heterocycles. The summed E-state index contributed by atoms with van der Waals surface area (Å²) in [5.41, 5.74) is 4.13. The van der Waals surface area contributed by atoms with Crippen LogP contribution in [0.5, 0.6) is 5.88 Å². The maximum Gasteiger partial charge on any atom is 0.238 e. The van der Waals surface area contributed by atoms with E-state index in [0.29, 0.717) is 22.5 Å². The highest BCUT2D eigenvalue weighted by Crippen LogP contribution is 2.32. The fourth-order valence-electron chi connectivity index (χ4n) is 2.94. The number of nitrogens with zero attached hydrogens (tertiary/aromatic N) is 2. The van der Waals surface area contributed by atoms with Gasteiger partial charge in [0.05, 0.1) is 6.61 Å². The van der Waals surface area contributed by atoms with Gasteiger partial charge in [0.2, 0.25) is 5.88 Å². The molecule has 2 aromatic heterocycles. The number of aromatic nitrogens is 2. The van der Waals surface area contributed by atoms with Gasteiger partial charge in [-0.15, -0.1) is 12.4 Å². The van der Waals surface area contributed by atoms with Crippen LogP contribution in [0.25, 0.3) is 10.9 Å². The first kappa shape index (κ1) is 20.8. The number of methoxy groups -OCH3 is 1. The van der Waals surface area contributed by atoms with Crippen molar-refractivity contribution >= 4 is 46.5 Å². The third kappa shape index (κ3) is 3.94. The van der Waals surface area contributed by atoms with Crippen molar-refractivity contribution in [1.82, 2.24) is 9.55 Å². The quantitative estimate of drug-likeness (QED) is 0.525. The van der Waals surface area contributed by atoms with E-state index in [0.717, 1.165) is 23.0 Å². The molecule has 0 saturated carbocycles. The van der Waals surface area contributed by atoms with Crippen molar-refractivity contribution in [2.45, 2.75) is 27.0 Å². The Balaban J connectivity index is 0.00000243. The lowest BCUT2D eigenvalue weighted by Gasteiger charge is -2.12. The predicted octanol–water partition coefficient (Wildman–Crippen LogP) is 5.61. The second-order valence-corrected chi connectivity index (χ2v) is 6.67. The van der Waals surface area contributed by atoms with E-state index in [9.17, 15) is 0 Å². The van der Waals surface area contributed by atoms with Crippen molar-refractivity contribution in [3.8, 4) is 5.88 Å². The van der Waals surface area contributed by atoms with Crippen LogP contribution in [-0.4, -0.2) is 23.3 Å². The lowest BCUT2D eigenvalue weighted by atomic mass is 10.2. The summed E-state index contributed by atoms with van der Waals surface area (Å²) < 4.78 is 13.4. The molecule has 2 heterocycles. The molecule has 0 aliphatic rings. The monoisotopic (exact) mass is 414 g/mol. The number of rotatable bonds is 6. The van der Waals surface area contributed by atoms with E-state index in [-0.39, 0.29) is 19.0 Å². The molecule has 7 heteroatoms. The summed E-state index contributed by atoms with van der Waals surface area (Å²) in [5, 5.41) is 2.30. The maximum atomic E-state index is 6.24. The van der Waals surface area contributed by atoms with E-state index >= 15 is 0 Å². The van der Waals surface area contributed by atoms with Crippen molar-refractivity contribution in [2.24, 2.45) is 0 Å². The van der Waals surface area contributed by atoms with Crippen molar-refractivity contribution < 1.29 is 9.47 Å². The molecule has 0 bridgehead atoms. The van der Waals surface area contributed by atoms with Crippen molar-refractivity contribution in [1.29, 1.82) is 0 Å². The first-order chi connectivity index (χ1) is 12.0. The zero-order valence-corrected chi connectivity index (χ0v) is 17.2. The van der Waals surface area contributed by atoms with E-state index in [1.54, 1.807) is 25.4 Å². The molecular weight excluding hydrogens is 395 g/mol. The SMILES string of the molecule is COCCn1c(C)c(C)c2ccnc(OCc3c(Cl)cccc3Cl)c21.Cl. The van der Waals surface area contributed by atoms with Gasteiger partial charge in [-0.1, -0.05) is 29.3 Å². The first-order valence-corrected chi connectivity index (χ1v) is 8.79. The summed E-state index contributed by atoms with van der Waals surface area (Å²) in [4.78, 5) is 4.43. The van der Waals surface area contributed by atoms with E-state index in [4.69, 9.17) is 32.7 Å². The van der Waals surface area contributed by atoms with Gasteiger partial charge in [0.1, 0.15) is 12.1 Å². The van der Waals surface area contributed by atoms with Crippen molar-refractivity contribution in [3.05, 3.63) is 57.3 Å². The highest BCUT2D eigenvalue weighted by atomic mass is 35.5. The largest absolute Gasteiger partial charge is 0.471 e. The van der Waals surface area contributed by atoms with E-state index < -0.39 is 0 Å². The molecule has 26 heavy (non-hydrogen) atoms. The number of halogens is 3. The summed E-state index contributed by atoms with van der Waals surface area (Å²) in [6.07, 6.45) is 1.76. The Bertz CT molecular complexity index is 889. The van der Waals surface area contributed by atoms with Crippen LogP contribution in [0.15, 0.2) is 30.5 Å². The van der Waals surface area contributed by atoms with Gasteiger partial charge in [-0.2, -0.15) is 0 Å². The number of ether oxygens (including phenoxy) is 2. The Morgan fingerprint density at radius 3 is 2.46 bits per heavy atom. The molecule has 0 aliphatic carbocycles. The molecule has 1 aromatic carbocycles. The molecule has 0 N–H and O–H groups in total. The minimum Gasteiger partial charge on any atom is -0.471 e. The summed E-state index contributed by atoms with van der Waals surface area (Å²) in [7, 11) is 1.70. The first-order valence-electron chi connectivity index (χ1n) is 8.03. The molecule has 0 atom stereocenters. The van der Waals surface area contributed by atoms with E-state index in [2.05, 4.69) is 23.4 Å². The van der Waals surface area contributed by atoms with Gasteiger partial charge in [0.15, 0.2) is 0 Å². The fourth-order valence-corrected chi connectivity index (χ4v) is 3.45. The molecule has 3 aromatic rings. The molecule has 0 amide bonds. The van der Waals surface area contributed by atoms with Crippen LogP contribution in [-0.2, 0) is 17.9 Å². The fraction of sp³-hybridized carbons (Fsp3) is 0.316. The summed E-state index contributed by atoms with van der Waals surface area (Å²) in [5.74, 6) is 0.570. The van der Waals surface area contributed by atoms with E-state index in [1.807, 2.05) is 12.1 Å². The van der Waals surface area contributed by atoms with Gasteiger partial charge in [0.25, 0.3) is 0 Å². The van der Waals surface area contributed by atoms with Crippen LogP contribution in [0.2, 0.25) is 10.0 Å². The maximum absolute atomic E-state index is 6.24. The topological polar surface area (TPSA) is 36.3 Å². The minimum atomic E-state index is 0. The van der Waals surface area contributed by atoms with Gasteiger partial charge in [0, 0.05) is 46.5 Å². The lowest BCUT2D eigenvalue weighted by Crippen LogP contribution is -2.08. The van der Waals surface area contributed by atoms with Crippen LogP contribution in [0, 0.1) is 13.8 Å². The molecule has 0 aliphatic heterocycles. The summed E-state index contributed by atoms with van der Waals surface area (Å²) in [6.45, 7) is 5.82. The number of pyridine rings is 1. The second kappa shape index (κ2) is 8.96. The average Bonchev–Trinajstić information content (AvgIpc) is 2.84. The van der Waals surface area contributed by atoms with Gasteiger partial charge >= 0.3 is 0 Å². The number of hydrogen-bond acceptors (Lipinski definition) is 3. The molecule has 3 rings (SSSR count). The Hall–Kier alpha value is -1.46.